The number of amides is 1. The molecular formula is C17H17ClFN3O. The van der Waals surface area contributed by atoms with E-state index in [1.807, 2.05) is 6.92 Å². The van der Waals surface area contributed by atoms with Gasteiger partial charge in [-0.1, -0.05) is 17.7 Å². The Kier molecular flexibility index (Phi) is 4.57. The van der Waals surface area contributed by atoms with Crippen molar-refractivity contribution in [3.8, 4) is 0 Å². The second-order valence-electron chi connectivity index (χ2n) is 5.69. The smallest absolute Gasteiger partial charge is 0.231 e. The summed E-state index contributed by atoms with van der Waals surface area (Å²) in [7, 11) is 0. The summed E-state index contributed by atoms with van der Waals surface area (Å²) < 4.78 is 13.7. The fourth-order valence-electron chi connectivity index (χ4n) is 2.87. The zero-order valence-corrected chi connectivity index (χ0v) is 13.6. The maximum Gasteiger partial charge on any atom is 0.231 e. The zero-order chi connectivity index (χ0) is 16.4. The Morgan fingerprint density at radius 2 is 2.09 bits per heavy atom. The van der Waals surface area contributed by atoms with Gasteiger partial charge >= 0.3 is 0 Å². The number of aromatic nitrogens is 2. The van der Waals surface area contributed by atoms with Crippen molar-refractivity contribution in [1.82, 2.24) is 9.97 Å². The van der Waals surface area contributed by atoms with E-state index in [-0.39, 0.29) is 28.9 Å². The van der Waals surface area contributed by atoms with Crippen LogP contribution in [0.25, 0.3) is 0 Å². The molecule has 1 aliphatic rings. The molecule has 0 spiro atoms. The molecule has 0 unspecified atom stereocenters. The summed E-state index contributed by atoms with van der Waals surface area (Å²) >= 11 is 5.95. The van der Waals surface area contributed by atoms with Gasteiger partial charge in [0.1, 0.15) is 5.82 Å². The van der Waals surface area contributed by atoms with E-state index in [0.29, 0.717) is 0 Å². The van der Waals surface area contributed by atoms with Crippen LogP contribution in [0.3, 0.4) is 0 Å². The van der Waals surface area contributed by atoms with Gasteiger partial charge < -0.3 is 0 Å². The average molecular weight is 334 g/mol. The van der Waals surface area contributed by atoms with Gasteiger partial charge in [0, 0.05) is 22.0 Å². The number of aryl methyl sites for hydroxylation is 2. The van der Waals surface area contributed by atoms with E-state index in [0.717, 1.165) is 37.1 Å². The SMILES string of the molecule is Cc1nc(NC(=O)Cc2c(F)cccc2Cl)nc2c1CCCC2. The predicted octanol–water partition coefficient (Wildman–Crippen LogP) is 3.64. The Balaban J connectivity index is 1.77. The lowest BCUT2D eigenvalue weighted by molar-refractivity contribution is -0.115. The largest absolute Gasteiger partial charge is 0.294 e. The minimum absolute atomic E-state index is 0.148. The van der Waals surface area contributed by atoms with Gasteiger partial charge in [-0.3, -0.25) is 10.1 Å². The van der Waals surface area contributed by atoms with Crippen molar-refractivity contribution in [2.45, 2.75) is 39.0 Å². The molecule has 1 heterocycles. The third-order valence-corrected chi connectivity index (χ3v) is 4.39. The Morgan fingerprint density at radius 3 is 2.87 bits per heavy atom. The molecule has 1 aromatic heterocycles. The minimum Gasteiger partial charge on any atom is -0.294 e. The van der Waals surface area contributed by atoms with Crippen molar-refractivity contribution in [1.29, 1.82) is 0 Å². The second-order valence-corrected chi connectivity index (χ2v) is 6.10. The number of rotatable bonds is 3. The lowest BCUT2D eigenvalue weighted by Gasteiger charge is -2.17. The van der Waals surface area contributed by atoms with Gasteiger partial charge in [-0.15, -0.1) is 0 Å². The number of carbonyl (C=O) groups is 1. The predicted molar refractivity (Wildman–Crippen MR) is 87.2 cm³/mol. The van der Waals surface area contributed by atoms with Crippen molar-refractivity contribution in [2.24, 2.45) is 0 Å². The number of anilines is 1. The molecule has 0 aliphatic heterocycles. The van der Waals surface area contributed by atoms with E-state index in [9.17, 15) is 9.18 Å². The number of carbonyl (C=O) groups excluding carboxylic acids is 1. The van der Waals surface area contributed by atoms with Crippen molar-refractivity contribution in [3.63, 3.8) is 0 Å². The van der Waals surface area contributed by atoms with Crippen molar-refractivity contribution in [2.75, 3.05) is 5.32 Å². The Bertz CT molecular complexity index is 743. The van der Waals surface area contributed by atoms with Gasteiger partial charge in [-0.05, 0) is 50.3 Å². The molecule has 120 valence electrons. The molecule has 3 rings (SSSR count). The molecule has 1 aromatic carbocycles. The first-order valence-electron chi connectivity index (χ1n) is 7.63. The molecule has 0 atom stereocenters. The van der Waals surface area contributed by atoms with Crippen LogP contribution in [0, 0.1) is 12.7 Å². The molecule has 1 N–H and O–H groups in total. The Labute approximate surface area is 139 Å². The second kappa shape index (κ2) is 6.62. The van der Waals surface area contributed by atoms with Gasteiger partial charge in [0.25, 0.3) is 0 Å². The molecule has 2 aromatic rings. The fourth-order valence-corrected chi connectivity index (χ4v) is 3.10. The highest BCUT2D eigenvalue weighted by Crippen LogP contribution is 2.23. The van der Waals surface area contributed by atoms with E-state index in [4.69, 9.17) is 11.6 Å². The summed E-state index contributed by atoms with van der Waals surface area (Å²) in [4.78, 5) is 20.9. The van der Waals surface area contributed by atoms with E-state index >= 15 is 0 Å². The number of benzene rings is 1. The molecule has 0 bridgehead atoms. The molecule has 0 saturated carbocycles. The zero-order valence-electron chi connectivity index (χ0n) is 12.8. The molecule has 1 aliphatic carbocycles. The number of nitrogens with one attached hydrogen (secondary N) is 1. The number of nitrogens with zero attached hydrogens (tertiary/aromatic N) is 2. The first kappa shape index (κ1) is 15.9. The monoisotopic (exact) mass is 333 g/mol. The van der Waals surface area contributed by atoms with Crippen molar-refractivity contribution in [3.05, 3.63) is 51.6 Å². The standard InChI is InChI=1S/C17H17ClFN3O/c1-10-11-5-2-3-8-15(11)21-17(20-10)22-16(23)9-12-13(18)6-4-7-14(12)19/h4,6-7H,2-3,5,8-9H2,1H3,(H,20,21,22,23). The van der Waals surface area contributed by atoms with Crippen LogP contribution in [0.5, 0.6) is 0 Å². The Morgan fingerprint density at radius 1 is 1.30 bits per heavy atom. The summed E-state index contributed by atoms with van der Waals surface area (Å²) in [5, 5.41) is 2.89. The number of hydrogen-bond donors (Lipinski definition) is 1. The van der Waals surface area contributed by atoms with Crippen LogP contribution >= 0.6 is 11.6 Å². The van der Waals surface area contributed by atoms with E-state index < -0.39 is 5.82 Å². The average Bonchev–Trinajstić information content (AvgIpc) is 2.51. The highest BCUT2D eigenvalue weighted by molar-refractivity contribution is 6.31. The van der Waals surface area contributed by atoms with Crippen molar-refractivity contribution < 1.29 is 9.18 Å². The highest BCUT2D eigenvalue weighted by Gasteiger charge is 2.17. The summed E-state index contributed by atoms with van der Waals surface area (Å²) in [5.74, 6) is -0.594. The maximum absolute atomic E-state index is 13.7. The lowest BCUT2D eigenvalue weighted by Crippen LogP contribution is -2.19. The highest BCUT2D eigenvalue weighted by atomic mass is 35.5. The van der Waals surface area contributed by atoms with Gasteiger partial charge in [-0.25, -0.2) is 14.4 Å². The molecule has 1 amide bonds. The minimum atomic E-state index is -0.491. The van der Waals surface area contributed by atoms with Gasteiger partial charge in [-0.2, -0.15) is 0 Å². The third-order valence-electron chi connectivity index (χ3n) is 4.04. The quantitative estimate of drug-likeness (QED) is 0.933. The van der Waals surface area contributed by atoms with E-state index in [1.54, 1.807) is 6.07 Å². The van der Waals surface area contributed by atoms with Crippen LogP contribution in [0.1, 0.15) is 35.4 Å². The molecule has 0 radical (unpaired) electrons. The van der Waals surface area contributed by atoms with Crippen LogP contribution in [0.2, 0.25) is 5.02 Å². The molecule has 0 fully saturated rings. The van der Waals surface area contributed by atoms with E-state index in [2.05, 4.69) is 15.3 Å². The van der Waals surface area contributed by atoms with Crippen LogP contribution in [0.15, 0.2) is 18.2 Å². The third kappa shape index (κ3) is 3.50. The summed E-state index contributed by atoms with van der Waals surface area (Å²) in [6.45, 7) is 1.93. The molecule has 0 saturated heterocycles. The number of fused-ring (bicyclic) bond motifs is 1. The molecule has 4 nitrogen and oxygen atoms in total. The molecule has 6 heteroatoms. The van der Waals surface area contributed by atoms with Gasteiger partial charge in [0.2, 0.25) is 11.9 Å². The van der Waals surface area contributed by atoms with Gasteiger partial charge in [0.15, 0.2) is 0 Å². The fraction of sp³-hybridized carbons (Fsp3) is 0.353. The topological polar surface area (TPSA) is 54.9 Å². The number of hydrogen-bond acceptors (Lipinski definition) is 3. The molecular weight excluding hydrogens is 317 g/mol. The summed E-state index contributed by atoms with van der Waals surface area (Å²) in [6.07, 6.45) is 3.99. The lowest BCUT2D eigenvalue weighted by atomic mass is 9.95. The molecule has 23 heavy (non-hydrogen) atoms. The van der Waals surface area contributed by atoms with Crippen LogP contribution in [0.4, 0.5) is 10.3 Å². The van der Waals surface area contributed by atoms with Gasteiger partial charge in [0.05, 0.1) is 6.42 Å². The first-order chi connectivity index (χ1) is 11.0. The summed E-state index contributed by atoms with van der Waals surface area (Å²) in [5.41, 5.74) is 3.27. The first-order valence-corrected chi connectivity index (χ1v) is 8.01. The van der Waals surface area contributed by atoms with Crippen LogP contribution in [-0.4, -0.2) is 15.9 Å². The van der Waals surface area contributed by atoms with Crippen LogP contribution in [-0.2, 0) is 24.1 Å². The van der Waals surface area contributed by atoms with E-state index in [1.165, 1.54) is 17.7 Å². The maximum atomic E-state index is 13.7. The summed E-state index contributed by atoms with van der Waals surface area (Å²) in [6, 6.07) is 4.36. The van der Waals surface area contributed by atoms with Crippen LogP contribution < -0.4 is 5.32 Å². The Hall–Kier alpha value is -2.01. The normalized spacial score (nSPS) is 13.5. The number of halogens is 2. The van der Waals surface area contributed by atoms with Crippen molar-refractivity contribution >= 4 is 23.5 Å².